The highest BCUT2D eigenvalue weighted by Crippen LogP contribution is 2.37. The molecule has 1 aliphatic heterocycles. The molecule has 0 unspecified atom stereocenters. The zero-order valence-corrected chi connectivity index (χ0v) is 13.9. The number of halogens is 1. The fourth-order valence-corrected chi connectivity index (χ4v) is 3.48. The number of carbonyl (C=O) groups is 1. The van der Waals surface area contributed by atoms with Crippen LogP contribution in [0.5, 0.6) is 0 Å². The molecule has 126 valence electrons. The third-order valence-electron chi connectivity index (χ3n) is 4.38. The molecule has 1 amide bonds. The second-order valence-electron chi connectivity index (χ2n) is 5.85. The summed E-state index contributed by atoms with van der Waals surface area (Å²) in [6.07, 6.45) is 0. The van der Waals surface area contributed by atoms with Crippen LogP contribution in [0.25, 0.3) is 11.0 Å². The zero-order chi connectivity index (χ0) is 17.6. The topological polar surface area (TPSA) is 70.8 Å². The average molecular weight is 356 g/mol. The lowest BCUT2D eigenvalue weighted by Crippen LogP contribution is -2.32. The number of carbonyl (C=O) groups excluding carboxylic acids is 1. The fourth-order valence-electron chi connectivity index (χ4n) is 3.31. The van der Waals surface area contributed by atoms with Gasteiger partial charge in [0, 0.05) is 11.6 Å². The van der Waals surface area contributed by atoms with Gasteiger partial charge in [0.05, 0.1) is 23.6 Å². The lowest BCUT2D eigenvalue weighted by Gasteiger charge is -2.24. The maximum absolute atomic E-state index is 13.1. The summed E-state index contributed by atoms with van der Waals surface area (Å²) in [4.78, 5) is 27.3. The van der Waals surface area contributed by atoms with Gasteiger partial charge in [0.1, 0.15) is 5.58 Å². The van der Waals surface area contributed by atoms with Crippen molar-refractivity contribution in [3.63, 3.8) is 0 Å². The molecule has 1 atom stereocenters. The first kappa shape index (κ1) is 15.9. The van der Waals surface area contributed by atoms with Crippen LogP contribution in [-0.4, -0.2) is 29.1 Å². The molecule has 0 saturated heterocycles. The minimum absolute atomic E-state index is 0.0297. The van der Waals surface area contributed by atoms with Crippen LogP contribution in [0.4, 0.5) is 0 Å². The lowest BCUT2D eigenvalue weighted by atomic mass is 9.98. The molecule has 0 fully saturated rings. The van der Waals surface area contributed by atoms with Gasteiger partial charge in [-0.1, -0.05) is 41.9 Å². The maximum Gasteiger partial charge on any atom is 0.290 e. The molecule has 0 spiro atoms. The Morgan fingerprint density at radius 2 is 1.88 bits per heavy atom. The predicted octanol–water partition coefficient (Wildman–Crippen LogP) is 2.98. The minimum Gasteiger partial charge on any atom is -0.450 e. The molecule has 0 aliphatic carbocycles. The van der Waals surface area contributed by atoms with Gasteiger partial charge in [0.2, 0.25) is 5.76 Å². The Labute approximate surface area is 148 Å². The predicted molar refractivity (Wildman–Crippen MR) is 93.9 cm³/mol. The van der Waals surface area contributed by atoms with Crippen LogP contribution < -0.4 is 5.43 Å². The number of amides is 1. The summed E-state index contributed by atoms with van der Waals surface area (Å²) in [5, 5.41) is 10.1. The van der Waals surface area contributed by atoms with Gasteiger partial charge in [-0.3, -0.25) is 9.59 Å². The monoisotopic (exact) mass is 355 g/mol. The number of hydrogen-bond acceptors (Lipinski definition) is 4. The van der Waals surface area contributed by atoms with Crippen molar-refractivity contribution in [3.8, 4) is 0 Å². The highest BCUT2D eigenvalue weighted by molar-refractivity contribution is 6.31. The van der Waals surface area contributed by atoms with Gasteiger partial charge in [-0.2, -0.15) is 0 Å². The van der Waals surface area contributed by atoms with Crippen molar-refractivity contribution in [2.75, 3.05) is 13.2 Å². The van der Waals surface area contributed by atoms with Crippen LogP contribution in [0.1, 0.15) is 27.7 Å². The minimum atomic E-state index is -0.588. The van der Waals surface area contributed by atoms with Crippen molar-refractivity contribution in [2.45, 2.75) is 6.04 Å². The smallest absolute Gasteiger partial charge is 0.290 e. The van der Waals surface area contributed by atoms with Crippen molar-refractivity contribution >= 4 is 28.5 Å². The van der Waals surface area contributed by atoms with E-state index in [4.69, 9.17) is 16.0 Å². The Hall–Kier alpha value is -2.63. The molecule has 25 heavy (non-hydrogen) atoms. The molecule has 0 radical (unpaired) electrons. The summed E-state index contributed by atoms with van der Waals surface area (Å²) in [6.45, 7) is -0.0955. The van der Waals surface area contributed by atoms with Crippen molar-refractivity contribution in [2.24, 2.45) is 0 Å². The quantitative estimate of drug-likeness (QED) is 0.784. The number of fused-ring (bicyclic) bond motifs is 2. The van der Waals surface area contributed by atoms with Crippen molar-refractivity contribution in [3.05, 3.63) is 80.7 Å². The van der Waals surface area contributed by atoms with Gasteiger partial charge in [0.15, 0.2) is 5.43 Å². The maximum atomic E-state index is 13.1. The molecule has 0 bridgehead atoms. The summed E-state index contributed by atoms with van der Waals surface area (Å²) < 4.78 is 5.75. The molecule has 5 nitrogen and oxygen atoms in total. The van der Waals surface area contributed by atoms with Crippen molar-refractivity contribution in [1.82, 2.24) is 4.90 Å². The van der Waals surface area contributed by atoms with Crippen molar-refractivity contribution < 1.29 is 14.3 Å². The van der Waals surface area contributed by atoms with Crippen LogP contribution in [0.2, 0.25) is 5.02 Å². The Morgan fingerprint density at radius 1 is 1.12 bits per heavy atom. The molecule has 0 saturated carbocycles. The lowest BCUT2D eigenvalue weighted by molar-refractivity contribution is 0.0691. The van der Waals surface area contributed by atoms with E-state index in [0.29, 0.717) is 21.6 Å². The van der Waals surface area contributed by atoms with E-state index in [0.717, 1.165) is 5.56 Å². The van der Waals surface area contributed by atoms with Gasteiger partial charge in [-0.25, -0.2) is 0 Å². The second kappa shape index (κ2) is 6.02. The van der Waals surface area contributed by atoms with Gasteiger partial charge in [-0.05, 0) is 23.8 Å². The SMILES string of the molecule is O=C1c2oc3ccc(Cl)cc3c(=O)c2[C@H](c2ccccc2)N1CCO. The highest BCUT2D eigenvalue weighted by Gasteiger charge is 2.42. The Morgan fingerprint density at radius 3 is 2.60 bits per heavy atom. The number of β-amino-alcohol motifs (C(OH)–C–C–N with tert-alkyl or cyclic N) is 1. The van der Waals surface area contributed by atoms with Crippen LogP contribution in [0.3, 0.4) is 0 Å². The molecule has 3 aromatic rings. The fraction of sp³-hybridized carbons (Fsp3) is 0.158. The number of benzene rings is 2. The average Bonchev–Trinajstić information content (AvgIpc) is 2.90. The van der Waals surface area contributed by atoms with Crippen LogP contribution >= 0.6 is 11.6 Å². The van der Waals surface area contributed by atoms with Gasteiger partial charge in [-0.15, -0.1) is 0 Å². The van der Waals surface area contributed by atoms with E-state index in [-0.39, 0.29) is 24.3 Å². The first-order valence-corrected chi connectivity index (χ1v) is 8.22. The standard InChI is InChI=1S/C19H14ClNO4/c20-12-6-7-14-13(10-12)17(23)15-16(11-4-2-1-3-5-11)21(8-9-22)19(24)18(15)25-14/h1-7,10,16,22H,8-9H2/t16-/m0/s1. The van der Waals surface area contributed by atoms with E-state index in [1.54, 1.807) is 18.2 Å². The molecule has 1 aromatic heterocycles. The molecule has 2 aromatic carbocycles. The number of aliphatic hydroxyl groups excluding tert-OH is 1. The Bertz CT molecular complexity index is 1030. The largest absolute Gasteiger partial charge is 0.450 e. The summed E-state index contributed by atoms with van der Waals surface area (Å²) >= 11 is 6.01. The Balaban J connectivity index is 2.03. The van der Waals surface area contributed by atoms with Gasteiger partial charge < -0.3 is 14.4 Å². The van der Waals surface area contributed by atoms with Crippen LogP contribution in [-0.2, 0) is 0 Å². The van der Waals surface area contributed by atoms with Crippen molar-refractivity contribution in [1.29, 1.82) is 0 Å². The van der Waals surface area contributed by atoms with Gasteiger partial charge >= 0.3 is 0 Å². The molecule has 6 heteroatoms. The molecule has 1 aliphatic rings. The van der Waals surface area contributed by atoms with Gasteiger partial charge in [0.25, 0.3) is 5.91 Å². The number of nitrogens with zero attached hydrogens (tertiary/aromatic N) is 1. The van der Waals surface area contributed by atoms with E-state index in [1.165, 1.54) is 4.90 Å². The van der Waals surface area contributed by atoms with E-state index in [9.17, 15) is 14.7 Å². The van der Waals surface area contributed by atoms with E-state index in [2.05, 4.69) is 0 Å². The third-order valence-corrected chi connectivity index (χ3v) is 4.62. The molecule has 1 N–H and O–H groups in total. The number of hydrogen-bond donors (Lipinski definition) is 1. The zero-order valence-electron chi connectivity index (χ0n) is 13.1. The van der Waals surface area contributed by atoms with Crippen LogP contribution in [0, 0.1) is 0 Å². The summed E-state index contributed by atoms with van der Waals surface area (Å²) in [5.41, 5.74) is 1.12. The van der Waals surface area contributed by atoms with E-state index < -0.39 is 11.9 Å². The molecule has 2 heterocycles. The van der Waals surface area contributed by atoms with Crippen LogP contribution in [0.15, 0.2) is 57.7 Å². The second-order valence-corrected chi connectivity index (χ2v) is 6.29. The summed E-state index contributed by atoms with van der Waals surface area (Å²) in [6, 6.07) is 13.4. The first-order chi connectivity index (χ1) is 12.1. The molecule has 4 rings (SSSR count). The highest BCUT2D eigenvalue weighted by atomic mass is 35.5. The summed E-state index contributed by atoms with van der Waals surface area (Å²) in [7, 11) is 0. The summed E-state index contributed by atoms with van der Waals surface area (Å²) in [5.74, 6) is -0.367. The van der Waals surface area contributed by atoms with E-state index >= 15 is 0 Å². The van der Waals surface area contributed by atoms with E-state index in [1.807, 2.05) is 30.3 Å². The molecular formula is C19H14ClNO4. The number of aliphatic hydroxyl groups is 1. The molecular weight excluding hydrogens is 342 g/mol. The Kier molecular flexibility index (Phi) is 3.82. The number of rotatable bonds is 3. The normalized spacial score (nSPS) is 16.5. The third kappa shape index (κ3) is 2.44. The first-order valence-electron chi connectivity index (χ1n) is 7.85.